The van der Waals surface area contributed by atoms with Crippen LogP contribution in [0.4, 0.5) is 24.7 Å². The fourth-order valence-electron chi connectivity index (χ4n) is 5.37. The first-order valence-corrected chi connectivity index (χ1v) is 14.0. The molecule has 4 heterocycles. The van der Waals surface area contributed by atoms with Crippen LogP contribution in [0.25, 0.3) is 22.1 Å². The van der Waals surface area contributed by atoms with Crippen LogP contribution in [0.3, 0.4) is 0 Å². The normalized spacial score (nSPS) is 12.6. The topological polar surface area (TPSA) is 120 Å². The SMILES string of the molecule is COc1ccc(CN2C(=O)c3cccc4c(-n5ncc(C(=O)Nc6ccc(-n7nccn7)c(Cl)c6)c5C(F)(F)F)cnc2c34)cc1. The van der Waals surface area contributed by atoms with Crippen LogP contribution in [0.15, 0.2) is 85.5 Å². The minimum absolute atomic E-state index is 0.0507. The van der Waals surface area contributed by atoms with Crippen LogP contribution in [0, 0.1) is 0 Å². The van der Waals surface area contributed by atoms with E-state index < -0.39 is 23.3 Å². The number of anilines is 2. The molecule has 0 atom stereocenters. The monoisotopic (exact) mass is 644 g/mol. The molecule has 1 N–H and O–H groups in total. The number of carbonyl (C=O) groups is 2. The number of alkyl halides is 3. The first-order valence-electron chi connectivity index (χ1n) is 13.6. The molecular weight excluding hydrogens is 625 g/mol. The molecule has 0 radical (unpaired) electrons. The first kappa shape index (κ1) is 29.0. The molecule has 3 aromatic carbocycles. The van der Waals surface area contributed by atoms with E-state index in [1.54, 1.807) is 37.4 Å². The lowest BCUT2D eigenvalue weighted by Gasteiger charge is -2.18. The van der Waals surface area contributed by atoms with Gasteiger partial charge in [0.1, 0.15) is 17.3 Å². The number of rotatable bonds is 7. The van der Waals surface area contributed by atoms with Gasteiger partial charge in [0.15, 0.2) is 5.69 Å². The number of hydrogen-bond acceptors (Lipinski definition) is 7. The molecule has 0 fully saturated rings. The van der Waals surface area contributed by atoms with Gasteiger partial charge in [-0.05, 0) is 42.0 Å². The fraction of sp³-hybridized carbons (Fsp3) is 0.0968. The number of carbonyl (C=O) groups excluding carboxylic acids is 2. The van der Waals surface area contributed by atoms with Crippen LogP contribution < -0.4 is 15.0 Å². The summed E-state index contributed by atoms with van der Waals surface area (Å²) in [5.74, 6) is -0.438. The van der Waals surface area contributed by atoms with E-state index in [4.69, 9.17) is 16.3 Å². The van der Waals surface area contributed by atoms with Crippen LogP contribution in [-0.2, 0) is 12.7 Å². The van der Waals surface area contributed by atoms with E-state index in [2.05, 4.69) is 25.6 Å². The molecule has 230 valence electrons. The third-order valence-corrected chi connectivity index (χ3v) is 7.76. The predicted octanol–water partition coefficient (Wildman–Crippen LogP) is 6.09. The van der Waals surface area contributed by atoms with Crippen molar-refractivity contribution in [3.63, 3.8) is 0 Å². The summed E-state index contributed by atoms with van der Waals surface area (Å²) in [6.45, 7) is 0.183. The lowest BCUT2D eigenvalue weighted by atomic mass is 10.1. The van der Waals surface area contributed by atoms with E-state index in [1.807, 2.05) is 12.1 Å². The first-order chi connectivity index (χ1) is 22.1. The van der Waals surface area contributed by atoms with Crippen molar-refractivity contribution in [1.29, 1.82) is 0 Å². The highest BCUT2D eigenvalue weighted by Gasteiger charge is 2.41. The second-order valence-electron chi connectivity index (χ2n) is 10.2. The van der Waals surface area contributed by atoms with Crippen molar-refractivity contribution in [2.24, 2.45) is 0 Å². The molecule has 7 rings (SSSR count). The molecule has 0 spiro atoms. The van der Waals surface area contributed by atoms with E-state index in [0.29, 0.717) is 38.3 Å². The highest BCUT2D eigenvalue weighted by Crippen LogP contribution is 2.41. The van der Waals surface area contributed by atoms with Gasteiger partial charge in [0.05, 0.1) is 60.3 Å². The molecule has 11 nitrogen and oxygen atoms in total. The number of amides is 2. The largest absolute Gasteiger partial charge is 0.497 e. The summed E-state index contributed by atoms with van der Waals surface area (Å²) in [4.78, 5) is 33.8. The van der Waals surface area contributed by atoms with Gasteiger partial charge in [0.2, 0.25) is 0 Å². The number of nitrogens with zero attached hydrogens (tertiary/aromatic N) is 7. The zero-order valence-corrected chi connectivity index (χ0v) is 24.4. The second-order valence-corrected chi connectivity index (χ2v) is 10.6. The van der Waals surface area contributed by atoms with Gasteiger partial charge in [0.25, 0.3) is 11.8 Å². The zero-order chi connectivity index (χ0) is 32.2. The summed E-state index contributed by atoms with van der Waals surface area (Å²) < 4.78 is 49.7. The fourth-order valence-corrected chi connectivity index (χ4v) is 5.63. The Morgan fingerprint density at radius 3 is 2.43 bits per heavy atom. The van der Waals surface area contributed by atoms with E-state index in [9.17, 15) is 22.8 Å². The molecule has 1 aliphatic rings. The Kier molecular flexibility index (Phi) is 6.93. The summed E-state index contributed by atoms with van der Waals surface area (Å²) in [6, 6.07) is 16.3. The molecule has 0 saturated heterocycles. The standard InChI is InChI=1S/C31H20ClF3N8O3/c1-46-19-8-5-17(6-9-19)16-41-28-26-20(3-2-4-21(26)30(41)45)25(15-36-28)42-27(31(33,34)35)22(14-39-42)29(44)40-18-7-10-24(23(32)13-18)43-37-11-12-38-43/h2-15H,16H2,1H3,(H,40,44). The molecule has 0 bridgehead atoms. The maximum atomic E-state index is 14.6. The number of hydrogen-bond donors (Lipinski definition) is 1. The molecule has 0 aliphatic carbocycles. The third kappa shape index (κ3) is 4.88. The van der Waals surface area contributed by atoms with Crippen molar-refractivity contribution in [2.75, 3.05) is 17.3 Å². The number of ether oxygens (including phenoxy) is 1. The highest BCUT2D eigenvalue weighted by atomic mass is 35.5. The maximum absolute atomic E-state index is 14.6. The lowest BCUT2D eigenvalue weighted by molar-refractivity contribution is -0.143. The number of methoxy groups -OCH3 is 1. The minimum atomic E-state index is -4.99. The van der Waals surface area contributed by atoms with Gasteiger partial charge < -0.3 is 10.1 Å². The van der Waals surface area contributed by atoms with Crippen molar-refractivity contribution < 1.29 is 27.5 Å². The van der Waals surface area contributed by atoms with Crippen molar-refractivity contribution in [2.45, 2.75) is 12.7 Å². The average Bonchev–Trinajstić information content (AvgIpc) is 3.79. The van der Waals surface area contributed by atoms with Crippen molar-refractivity contribution in [3.05, 3.63) is 113 Å². The Morgan fingerprint density at radius 2 is 1.74 bits per heavy atom. The van der Waals surface area contributed by atoms with Crippen LogP contribution in [0.5, 0.6) is 5.75 Å². The lowest BCUT2D eigenvalue weighted by Crippen LogP contribution is -2.26. The summed E-state index contributed by atoms with van der Waals surface area (Å²) in [5, 5.41) is 15.3. The molecule has 6 aromatic rings. The van der Waals surface area contributed by atoms with Crippen molar-refractivity contribution in [3.8, 4) is 17.1 Å². The Hall–Kier alpha value is -5.76. The van der Waals surface area contributed by atoms with Gasteiger partial charge in [-0.1, -0.05) is 35.9 Å². The predicted molar refractivity (Wildman–Crippen MR) is 162 cm³/mol. The summed E-state index contributed by atoms with van der Waals surface area (Å²) in [5.41, 5.74) is -0.428. The van der Waals surface area contributed by atoms with E-state index in [0.717, 1.165) is 11.8 Å². The molecule has 2 amide bonds. The Bertz CT molecular complexity index is 2150. The third-order valence-electron chi connectivity index (χ3n) is 7.45. The smallest absolute Gasteiger partial charge is 0.434 e. The summed E-state index contributed by atoms with van der Waals surface area (Å²) in [7, 11) is 1.55. The van der Waals surface area contributed by atoms with Crippen molar-refractivity contribution >= 4 is 45.7 Å². The van der Waals surface area contributed by atoms with Gasteiger partial charge in [-0.25, -0.2) is 9.67 Å². The summed E-state index contributed by atoms with van der Waals surface area (Å²) in [6.07, 6.45) is -0.0267. The second kappa shape index (κ2) is 11.0. The maximum Gasteiger partial charge on any atom is 0.434 e. The van der Waals surface area contributed by atoms with E-state index >= 15 is 0 Å². The molecule has 15 heteroatoms. The van der Waals surface area contributed by atoms with Gasteiger partial charge in [0, 0.05) is 16.5 Å². The van der Waals surface area contributed by atoms with Crippen LogP contribution in [0.1, 0.15) is 32.0 Å². The molecule has 0 unspecified atom stereocenters. The molecular formula is C31H20ClF3N8O3. The van der Waals surface area contributed by atoms with Crippen LogP contribution in [0.2, 0.25) is 5.02 Å². The van der Waals surface area contributed by atoms with Crippen LogP contribution in [-0.4, -0.2) is 48.7 Å². The number of benzene rings is 3. The Balaban J connectivity index is 1.25. The Morgan fingerprint density at radius 1 is 0.978 bits per heavy atom. The summed E-state index contributed by atoms with van der Waals surface area (Å²) >= 11 is 6.31. The van der Waals surface area contributed by atoms with Crippen LogP contribution >= 0.6 is 11.6 Å². The van der Waals surface area contributed by atoms with Crippen molar-refractivity contribution in [1.82, 2.24) is 29.8 Å². The number of halogens is 4. The zero-order valence-electron chi connectivity index (χ0n) is 23.7. The van der Waals surface area contributed by atoms with Gasteiger partial charge in [-0.3, -0.25) is 14.5 Å². The molecule has 46 heavy (non-hydrogen) atoms. The molecule has 3 aromatic heterocycles. The van der Waals surface area contributed by atoms with Gasteiger partial charge in [-0.15, -0.1) is 0 Å². The molecule has 1 aliphatic heterocycles. The number of aromatic nitrogens is 6. The number of pyridine rings is 1. The quantitative estimate of drug-likeness (QED) is 0.223. The van der Waals surface area contributed by atoms with E-state index in [-0.39, 0.29) is 28.8 Å². The molecule has 0 saturated carbocycles. The average molecular weight is 645 g/mol. The van der Waals surface area contributed by atoms with Gasteiger partial charge >= 0.3 is 6.18 Å². The number of nitrogens with one attached hydrogen (secondary N) is 1. The van der Waals surface area contributed by atoms with E-state index in [1.165, 1.54) is 46.5 Å². The minimum Gasteiger partial charge on any atom is -0.497 e. The highest BCUT2D eigenvalue weighted by molar-refractivity contribution is 6.32. The van der Waals surface area contributed by atoms with Gasteiger partial charge in [-0.2, -0.15) is 33.3 Å². The Labute approximate surface area is 262 Å².